The summed E-state index contributed by atoms with van der Waals surface area (Å²) in [5, 5.41) is 18.6. The lowest BCUT2D eigenvalue weighted by molar-refractivity contribution is -0.207. The van der Waals surface area contributed by atoms with E-state index in [9.17, 15) is 27.9 Å². The van der Waals surface area contributed by atoms with Gasteiger partial charge in [-0.2, -0.15) is 13.2 Å². The molecule has 1 unspecified atom stereocenters. The summed E-state index contributed by atoms with van der Waals surface area (Å²) < 4.78 is 47.7. The molecule has 0 saturated carbocycles. The third-order valence-corrected chi connectivity index (χ3v) is 6.52. The van der Waals surface area contributed by atoms with Gasteiger partial charge in [-0.25, -0.2) is 19.1 Å². The predicted molar refractivity (Wildman–Crippen MR) is 136 cm³/mol. The number of halogens is 4. The van der Waals surface area contributed by atoms with Gasteiger partial charge in [-0.3, -0.25) is 9.36 Å². The Morgan fingerprint density at radius 1 is 1.07 bits per heavy atom. The van der Waals surface area contributed by atoms with E-state index in [0.717, 1.165) is 9.25 Å². The number of rotatable bonds is 7. The van der Waals surface area contributed by atoms with E-state index in [1.165, 1.54) is 35.3 Å². The highest BCUT2D eigenvalue weighted by atomic mass is 35.5. The number of carbonyl (C=O) groups excluding carboxylic acids is 1. The minimum atomic E-state index is -4.94. The quantitative estimate of drug-likeness (QED) is 0.358. The maximum atomic E-state index is 13.1. The number of hydrogen-bond acceptors (Lipinski definition) is 7. The van der Waals surface area contributed by atoms with Gasteiger partial charge in [0.15, 0.2) is 17.8 Å². The van der Waals surface area contributed by atoms with Crippen LogP contribution in [0.4, 0.5) is 13.2 Å². The number of morpholine rings is 1. The second kappa shape index (κ2) is 11.2. The van der Waals surface area contributed by atoms with Gasteiger partial charge in [-0.1, -0.05) is 23.7 Å². The molecule has 2 aromatic carbocycles. The molecule has 3 heterocycles. The lowest BCUT2D eigenvalue weighted by Crippen LogP contribution is -2.41. The van der Waals surface area contributed by atoms with Crippen LogP contribution >= 0.6 is 11.6 Å². The van der Waals surface area contributed by atoms with Crippen molar-refractivity contribution in [2.24, 2.45) is 0 Å². The fraction of sp³-hybridized carbons (Fsp3) is 0.320. The third-order valence-electron chi connectivity index (χ3n) is 6.27. The van der Waals surface area contributed by atoms with Crippen molar-refractivity contribution in [3.63, 3.8) is 0 Å². The van der Waals surface area contributed by atoms with Gasteiger partial charge in [0, 0.05) is 23.7 Å². The van der Waals surface area contributed by atoms with Crippen LogP contribution in [0.15, 0.2) is 59.7 Å². The molecule has 0 radical (unpaired) electrons. The monoisotopic (exact) mass is 577 g/mol. The first-order chi connectivity index (χ1) is 19.1. The molecule has 210 valence electrons. The van der Waals surface area contributed by atoms with E-state index in [0.29, 0.717) is 48.1 Å². The van der Waals surface area contributed by atoms with Gasteiger partial charge in [0.25, 0.3) is 5.91 Å². The van der Waals surface area contributed by atoms with Crippen molar-refractivity contribution in [1.29, 1.82) is 0 Å². The number of benzene rings is 2. The van der Waals surface area contributed by atoms with Gasteiger partial charge in [0.1, 0.15) is 12.9 Å². The SMILES string of the molecule is O=C(c1ccccc1-n1cnc(Cn2nc(-c3ccc(Cl)cc3)n(CC(O)C(F)(F)F)c2=O)n1)N1CCOCC1. The standard InChI is InChI=1S/C25H23ClF3N7O4/c26-17-7-5-16(6-8-17)22-32-35(24(39)34(22)13-20(37)25(27,28)29)14-21-30-15-36(31-21)19-4-2-1-3-18(19)23(38)33-9-11-40-12-10-33/h1-8,15,20,37H,9-14H2. The number of aliphatic hydroxyl groups is 1. The van der Waals surface area contributed by atoms with Gasteiger partial charge in [0.2, 0.25) is 0 Å². The first-order valence-electron chi connectivity index (χ1n) is 12.2. The summed E-state index contributed by atoms with van der Waals surface area (Å²) >= 11 is 5.92. The summed E-state index contributed by atoms with van der Waals surface area (Å²) in [6.45, 7) is 0.475. The number of aliphatic hydroxyl groups excluding tert-OH is 1. The normalized spacial score (nSPS) is 14.9. The number of carbonyl (C=O) groups is 1. The Labute approximate surface area is 230 Å². The van der Waals surface area contributed by atoms with E-state index in [1.54, 1.807) is 29.2 Å². The molecule has 1 N–H and O–H groups in total. The summed E-state index contributed by atoms with van der Waals surface area (Å²) in [6.07, 6.45) is -6.35. The average molecular weight is 578 g/mol. The number of aromatic nitrogens is 6. The summed E-state index contributed by atoms with van der Waals surface area (Å²) in [7, 11) is 0. The summed E-state index contributed by atoms with van der Waals surface area (Å²) in [4.78, 5) is 32.2. The van der Waals surface area contributed by atoms with Crippen molar-refractivity contribution in [1.82, 2.24) is 34.0 Å². The molecule has 0 aliphatic carbocycles. The van der Waals surface area contributed by atoms with E-state index in [-0.39, 0.29) is 24.1 Å². The second-order valence-electron chi connectivity index (χ2n) is 8.97. The smallest absolute Gasteiger partial charge is 0.382 e. The molecule has 1 saturated heterocycles. The van der Waals surface area contributed by atoms with Crippen LogP contribution in [0.5, 0.6) is 0 Å². The number of hydrogen-bond donors (Lipinski definition) is 1. The zero-order valence-electron chi connectivity index (χ0n) is 20.8. The van der Waals surface area contributed by atoms with E-state index < -0.39 is 24.5 Å². The van der Waals surface area contributed by atoms with Crippen molar-refractivity contribution in [2.75, 3.05) is 26.3 Å². The van der Waals surface area contributed by atoms with Crippen molar-refractivity contribution in [2.45, 2.75) is 25.4 Å². The minimum Gasteiger partial charge on any atom is -0.382 e. The molecule has 0 spiro atoms. The highest BCUT2D eigenvalue weighted by Gasteiger charge is 2.39. The van der Waals surface area contributed by atoms with Gasteiger partial charge >= 0.3 is 11.9 Å². The van der Waals surface area contributed by atoms with Crippen molar-refractivity contribution >= 4 is 17.5 Å². The Balaban J connectivity index is 1.45. The lowest BCUT2D eigenvalue weighted by Gasteiger charge is -2.27. The maximum Gasteiger partial charge on any atom is 0.416 e. The molecule has 5 rings (SSSR count). The number of amides is 1. The Morgan fingerprint density at radius 2 is 1.77 bits per heavy atom. The zero-order valence-corrected chi connectivity index (χ0v) is 21.6. The van der Waals surface area contributed by atoms with Crippen LogP contribution < -0.4 is 5.69 Å². The molecular weight excluding hydrogens is 555 g/mol. The highest BCUT2D eigenvalue weighted by Crippen LogP contribution is 2.24. The number of alkyl halides is 3. The van der Waals surface area contributed by atoms with Crippen LogP contribution in [-0.2, 0) is 17.8 Å². The van der Waals surface area contributed by atoms with Crippen molar-refractivity contribution in [3.8, 4) is 17.1 Å². The molecule has 4 aromatic rings. The van der Waals surface area contributed by atoms with Crippen molar-refractivity contribution in [3.05, 3.63) is 81.8 Å². The maximum absolute atomic E-state index is 13.1. The van der Waals surface area contributed by atoms with Gasteiger partial charge in [0.05, 0.1) is 31.0 Å². The Bertz CT molecular complexity index is 1560. The third kappa shape index (κ3) is 5.78. The van der Waals surface area contributed by atoms with E-state index in [1.807, 2.05) is 0 Å². The minimum absolute atomic E-state index is 0.0918. The van der Waals surface area contributed by atoms with E-state index in [4.69, 9.17) is 16.3 Å². The zero-order chi connectivity index (χ0) is 28.4. The summed E-state index contributed by atoms with van der Waals surface area (Å²) in [5.41, 5.74) is 0.287. The highest BCUT2D eigenvalue weighted by molar-refractivity contribution is 6.30. The first-order valence-corrected chi connectivity index (χ1v) is 12.5. The van der Waals surface area contributed by atoms with Crippen molar-refractivity contribution < 1.29 is 27.8 Å². The second-order valence-corrected chi connectivity index (χ2v) is 9.40. The summed E-state index contributed by atoms with van der Waals surface area (Å²) in [6, 6.07) is 12.8. The van der Waals surface area contributed by atoms with Gasteiger partial charge < -0.3 is 14.7 Å². The summed E-state index contributed by atoms with van der Waals surface area (Å²) in [5.74, 6) is -0.160. The number of para-hydroxylation sites is 1. The molecule has 1 amide bonds. The average Bonchev–Trinajstić information content (AvgIpc) is 3.53. The predicted octanol–water partition coefficient (Wildman–Crippen LogP) is 2.39. The number of ether oxygens (including phenoxy) is 1. The Hall–Kier alpha value is -4.01. The number of nitrogens with zero attached hydrogens (tertiary/aromatic N) is 7. The van der Waals surface area contributed by atoms with Gasteiger partial charge in [-0.05, 0) is 36.4 Å². The van der Waals surface area contributed by atoms with E-state index in [2.05, 4.69) is 15.2 Å². The lowest BCUT2D eigenvalue weighted by atomic mass is 10.1. The molecule has 2 aromatic heterocycles. The molecule has 0 bridgehead atoms. The molecule has 1 fully saturated rings. The fourth-order valence-corrected chi connectivity index (χ4v) is 4.33. The Kier molecular flexibility index (Phi) is 7.74. The molecule has 1 aliphatic heterocycles. The van der Waals surface area contributed by atoms with Crippen LogP contribution in [0, 0.1) is 0 Å². The molecular formula is C25H23ClF3N7O4. The molecule has 15 heteroatoms. The van der Waals surface area contributed by atoms with Crippen LogP contribution in [0.3, 0.4) is 0 Å². The largest absolute Gasteiger partial charge is 0.416 e. The molecule has 1 aliphatic rings. The topological polar surface area (TPSA) is 120 Å². The molecule has 40 heavy (non-hydrogen) atoms. The van der Waals surface area contributed by atoms with Crippen LogP contribution in [0.2, 0.25) is 5.02 Å². The van der Waals surface area contributed by atoms with Crippen LogP contribution in [-0.4, -0.2) is 83.6 Å². The Morgan fingerprint density at radius 3 is 2.48 bits per heavy atom. The van der Waals surface area contributed by atoms with E-state index >= 15 is 0 Å². The molecule has 1 atom stereocenters. The first kappa shape index (κ1) is 27.6. The van der Waals surface area contributed by atoms with Crippen LogP contribution in [0.25, 0.3) is 17.1 Å². The fourth-order valence-electron chi connectivity index (χ4n) is 4.21. The molecule has 11 nitrogen and oxygen atoms in total. The van der Waals surface area contributed by atoms with Gasteiger partial charge in [-0.15, -0.1) is 10.2 Å². The van der Waals surface area contributed by atoms with Crippen LogP contribution in [0.1, 0.15) is 16.2 Å².